The molecule has 0 unspecified atom stereocenters. The first kappa shape index (κ1) is 25.1. The molecule has 0 bridgehead atoms. The van der Waals surface area contributed by atoms with Crippen LogP contribution in [0.1, 0.15) is 36.8 Å². The molecule has 2 N–H and O–H groups in total. The summed E-state index contributed by atoms with van der Waals surface area (Å²) in [7, 11) is 0. The summed E-state index contributed by atoms with van der Waals surface area (Å²) in [6, 6.07) is 21.4. The molecule has 0 saturated carbocycles. The highest BCUT2D eigenvalue weighted by Gasteiger charge is 2.14. The Bertz CT molecular complexity index is 1430. The van der Waals surface area contributed by atoms with E-state index in [0.717, 1.165) is 8.95 Å². The predicted molar refractivity (Wildman–Crippen MR) is 141 cm³/mol. The maximum atomic E-state index is 12.6. The van der Waals surface area contributed by atoms with Crippen molar-refractivity contribution < 1.29 is 23.5 Å². The molecule has 0 aliphatic rings. The number of nitrogens with zero attached hydrogens (tertiary/aromatic N) is 1. The Labute approximate surface area is 222 Å². The van der Waals surface area contributed by atoms with Gasteiger partial charge in [0, 0.05) is 31.3 Å². The van der Waals surface area contributed by atoms with Crippen LogP contribution < -0.4 is 15.5 Å². The van der Waals surface area contributed by atoms with E-state index >= 15 is 0 Å². The van der Waals surface area contributed by atoms with Gasteiger partial charge in [-0.05, 0) is 72.8 Å². The van der Waals surface area contributed by atoms with Gasteiger partial charge in [-0.3, -0.25) is 9.59 Å². The number of esters is 1. The van der Waals surface area contributed by atoms with Gasteiger partial charge in [-0.1, -0.05) is 37.9 Å². The van der Waals surface area contributed by atoms with Crippen LogP contribution >= 0.6 is 31.9 Å². The van der Waals surface area contributed by atoms with Crippen LogP contribution in [0.3, 0.4) is 0 Å². The van der Waals surface area contributed by atoms with Crippen molar-refractivity contribution in [2.75, 3.05) is 5.32 Å². The van der Waals surface area contributed by atoms with Crippen molar-refractivity contribution in [1.82, 2.24) is 5.43 Å². The van der Waals surface area contributed by atoms with Crippen LogP contribution in [0.15, 0.2) is 104 Å². The average molecular weight is 611 g/mol. The van der Waals surface area contributed by atoms with Gasteiger partial charge in [-0.25, -0.2) is 10.2 Å². The Balaban J connectivity index is 1.42. The molecule has 0 aliphatic heterocycles. The number of hydrogen-bond acceptors (Lipinski definition) is 6. The van der Waals surface area contributed by atoms with Gasteiger partial charge in [0.25, 0.3) is 11.8 Å². The van der Waals surface area contributed by atoms with Gasteiger partial charge in [0.1, 0.15) is 5.75 Å². The molecule has 2 amide bonds. The second-order valence-electron chi connectivity index (χ2n) is 7.29. The number of carbonyl (C=O) groups excluding carboxylic acids is 3. The number of hydrazone groups is 1. The molecule has 1 aromatic heterocycles. The number of rotatable bonds is 7. The minimum Gasteiger partial charge on any atom is -0.457 e. The molecule has 0 fully saturated rings. The van der Waals surface area contributed by atoms with Crippen molar-refractivity contribution in [2.24, 2.45) is 5.10 Å². The van der Waals surface area contributed by atoms with Gasteiger partial charge in [0.2, 0.25) is 5.76 Å². The second kappa shape index (κ2) is 11.6. The quantitative estimate of drug-likeness (QED) is 0.115. The Morgan fingerprint density at radius 3 is 2.36 bits per heavy atom. The van der Waals surface area contributed by atoms with Crippen molar-refractivity contribution in [1.29, 1.82) is 0 Å². The first-order valence-corrected chi connectivity index (χ1v) is 12.0. The van der Waals surface area contributed by atoms with Crippen molar-refractivity contribution in [3.8, 4) is 5.75 Å². The predicted octanol–water partition coefficient (Wildman–Crippen LogP) is 6.04. The highest BCUT2D eigenvalue weighted by atomic mass is 79.9. The molecule has 0 saturated heterocycles. The smallest absolute Gasteiger partial charge is 0.379 e. The van der Waals surface area contributed by atoms with Crippen LogP contribution in [0.2, 0.25) is 0 Å². The van der Waals surface area contributed by atoms with Crippen molar-refractivity contribution >= 4 is 61.5 Å². The van der Waals surface area contributed by atoms with E-state index in [1.165, 1.54) is 24.6 Å². The monoisotopic (exact) mass is 609 g/mol. The third-order valence-electron chi connectivity index (χ3n) is 4.76. The standard InChI is InChI=1S/C26H17Br2N3O5/c27-19-8-6-16(7-9-19)24(32)30-21-4-1-3-17(14-21)25(33)31-29-15-18-13-20(28)10-11-22(18)36-26(34)23-5-2-12-35-23/h1-15H,(H,30,32)(H,31,33). The van der Waals surface area contributed by atoms with Crippen molar-refractivity contribution in [2.45, 2.75) is 0 Å². The van der Waals surface area contributed by atoms with Crippen LogP contribution in [0.25, 0.3) is 0 Å². The van der Waals surface area contributed by atoms with Gasteiger partial charge in [-0.15, -0.1) is 0 Å². The van der Waals surface area contributed by atoms with E-state index in [9.17, 15) is 14.4 Å². The number of anilines is 1. The number of benzene rings is 3. The maximum Gasteiger partial charge on any atom is 0.379 e. The summed E-state index contributed by atoms with van der Waals surface area (Å²) in [4.78, 5) is 37.3. The topological polar surface area (TPSA) is 110 Å². The van der Waals surface area contributed by atoms with E-state index < -0.39 is 11.9 Å². The molecule has 1 heterocycles. The summed E-state index contributed by atoms with van der Waals surface area (Å²) in [6.45, 7) is 0. The lowest BCUT2D eigenvalue weighted by Gasteiger charge is -2.08. The van der Waals surface area contributed by atoms with E-state index in [2.05, 4.69) is 47.7 Å². The molecule has 4 aromatic rings. The summed E-state index contributed by atoms with van der Waals surface area (Å²) in [5.41, 5.74) is 4.11. The Morgan fingerprint density at radius 2 is 1.61 bits per heavy atom. The molecule has 36 heavy (non-hydrogen) atoms. The minimum absolute atomic E-state index is 0.0567. The summed E-state index contributed by atoms with van der Waals surface area (Å²) >= 11 is 6.69. The van der Waals surface area contributed by atoms with Crippen LogP contribution in [0.5, 0.6) is 5.75 Å². The zero-order valence-corrected chi connectivity index (χ0v) is 21.6. The normalized spacial score (nSPS) is 10.7. The zero-order chi connectivity index (χ0) is 25.5. The van der Waals surface area contributed by atoms with E-state index in [4.69, 9.17) is 9.15 Å². The number of carbonyl (C=O) groups is 3. The molecular formula is C26H17Br2N3O5. The highest BCUT2D eigenvalue weighted by molar-refractivity contribution is 9.10. The fraction of sp³-hybridized carbons (Fsp3) is 0. The molecule has 0 aliphatic carbocycles. The number of hydrogen-bond donors (Lipinski definition) is 2. The average Bonchev–Trinajstić information content (AvgIpc) is 3.41. The zero-order valence-electron chi connectivity index (χ0n) is 18.4. The van der Waals surface area contributed by atoms with Crippen LogP contribution in [-0.4, -0.2) is 24.0 Å². The summed E-state index contributed by atoms with van der Waals surface area (Å²) in [5, 5.41) is 6.75. The Kier molecular flexibility index (Phi) is 8.09. The van der Waals surface area contributed by atoms with E-state index in [-0.39, 0.29) is 17.4 Å². The van der Waals surface area contributed by atoms with Gasteiger partial charge in [0.15, 0.2) is 0 Å². The van der Waals surface area contributed by atoms with Gasteiger partial charge in [0.05, 0.1) is 12.5 Å². The first-order chi connectivity index (χ1) is 17.4. The third kappa shape index (κ3) is 6.55. The molecule has 0 atom stereocenters. The Hall–Kier alpha value is -4.02. The number of ether oxygens (including phenoxy) is 1. The fourth-order valence-electron chi connectivity index (χ4n) is 3.03. The Morgan fingerprint density at radius 1 is 0.833 bits per heavy atom. The maximum absolute atomic E-state index is 12.6. The molecule has 4 rings (SSSR count). The van der Waals surface area contributed by atoms with Crippen LogP contribution in [-0.2, 0) is 0 Å². The van der Waals surface area contributed by atoms with Crippen molar-refractivity contribution in [3.05, 3.63) is 117 Å². The molecule has 10 heteroatoms. The molecule has 3 aromatic carbocycles. The van der Waals surface area contributed by atoms with E-state index in [1.54, 1.807) is 66.7 Å². The van der Waals surface area contributed by atoms with Gasteiger partial charge >= 0.3 is 5.97 Å². The third-order valence-corrected chi connectivity index (χ3v) is 5.78. The minimum atomic E-state index is -0.664. The second-order valence-corrected chi connectivity index (χ2v) is 9.12. The number of amides is 2. The van der Waals surface area contributed by atoms with Crippen LogP contribution in [0.4, 0.5) is 5.69 Å². The first-order valence-electron chi connectivity index (χ1n) is 10.4. The van der Waals surface area contributed by atoms with Crippen LogP contribution in [0, 0.1) is 0 Å². The van der Waals surface area contributed by atoms with E-state index in [0.29, 0.717) is 22.4 Å². The number of furan rings is 1. The lowest BCUT2D eigenvalue weighted by molar-refractivity contribution is 0.0700. The summed E-state index contributed by atoms with van der Waals surface area (Å²) in [6.07, 6.45) is 2.73. The number of nitrogens with one attached hydrogen (secondary N) is 2. The number of halogens is 2. The summed E-state index contributed by atoms with van der Waals surface area (Å²) < 4.78 is 12.0. The fourth-order valence-corrected chi connectivity index (χ4v) is 3.67. The molecular weight excluding hydrogens is 594 g/mol. The lowest BCUT2D eigenvalue weighted by Crippen LogP contribution is -2.18. The molecule has 0 radical (unpaired) electrons. The SMILES string of the molecule is O=C(NN=Cc1cc(Br)ccc1OC(=O)c1ccco1)c1cccc(NC(=O)c2ccc(Br)cc2)c1. The largest absolute Gasteiger partial charge is 0.457 e. The van der Waals surface area contributed by atoms with Gasteiger partial charge < -0.3 is 14.5 Å². The van der Waals surface area contributed by atoms with E-state index in [1.807, 2.05) is 0 Å². The van der Waals surface area contributed by atoms with Crippen molar-refractivity contribution in [3.63, 3.8) is 0 Å². The summed E-state index contributed by atoms with van der Waals surface area (Å²) in [5.74, 6) is -1.17. The molecule has 0 spiro atoms. The molecule has 180 valence electrons. The lowest BCUT2D eigenvalue weighted by atomic mass is 10.1. The van der Waals surface area contributed by atoms with Gasteiger partial charge in [-0.2, -0.15) is 5.10 Å². The highest BCUT2D eigenvalue weighted by Crippen LogP contribution is 2.23. The molecule has 8 nitrogen and oxygen atoms in total.